The predicted octanol–water partition coefficient (Wildman–Crippen LogP) is 3.63. The summed E-state index contributed by atoms with van der Waals surface area (Å²) in [4.78, 5) is 0. The zero-order valence-electron chi connectivity index (χ0n) is 13.1. The lowest BCUT2D eigenvalue weighted by atomic mass is 9.71. The molecule has 2 unspecified atom stereocenters. The first kappa shape index (κ1) is 15.2. The van der Waals surface area contributed by atoms with E-state index in [1.54, 1.807) is 7.11 Å². The molecular weight excluding hydrogens is 250 g/mol. The van der Waals surface area contributed by atoms with E-state index < -0.39 is 0 Å². The molecule has 2 rings (SSSR count). The molecule has 2 atom stereocenters. The van der Waals surface area contributed by atoms with E-state index in [9.17, 15) is 0 Å². The van der Waals surface area contributed by atoms with Gasteiger partial charge in [0.05, 0.1) is 7.11 Å². The van der Waals surface area contributed by atoms with E-state index in [-0.39, 0.29) is 11.5 Å². The van der Waals surface area contributed by atoms with Gasteiger partial charge in [0.1, 0.15) is 17.6 Å². The van der Waals surface area contributed by atoms with Gasteiger partial charge < -0.3 is 14.8 Å². The summed E-state index contributed by atoms with van der Waals surface area (Å²) in [5, 5.41) is 3.62. The third-order valence-corrected chi connectivity index (χ3v) is 4.29. The van der Waals surface area contributed by atoms with E-state index in [0.717, 1.165) is 24.5 Å². The van der Waals surface area contributed by atoms with Gasteiger partial charge in [0.15, 0.2) is 0 Å². The van der Waals surface area contributed by atoms with Crippen LogP contribution in [0, 0.1) is 5.41 Å². The lowest BCUT2D eigenvalue weighted by Gasteiger charge is -2.44. The van der Waals surface area contributed by atoms with Gasteiger partial charge >= 0.3 is 0 Å². The van der Waals surface area contributed by atoms with Crippen LogP contribution in [0.4, 0.5) is 0 Å². The maximum Gasteiger partial charge on any atom is 0.120 e. The molecule has 3 nitrogen and oxygen atoms in total. The first-order valence-corrected chi connectivity index (χ1v) is 7.61. The molecular formula is C17H27NO2. The molecule has 1 aliphatic rings. The Morgan fingerprint density at radius 1 is 1.20 bits per heavy atom. The quantitative estimate of drug-likeness (QED) is 0.891. The Hall–Kier alpha value is -1.22. The Balaban J connectivity index is 2.08. The highest BCUT2D eigenvalue weighted by Gasteiger charge is 2.39. The molecule has 0 bridgehead atoms. The summed E-state index contributed by atoms with van der Waals surface area (Å²) < 4.78 is 11.4. The number of benzene rings is 1. The smallest absolute Gasteiger partial charge is 0.120 e. The van der Waals surface area contributed by atoms with Crippen molar-refractivity contribution in [1.29, 1.82) is 0 Å². The van der Waals surface area contributed by atoms with Gasteiger partial charge in [-0.3, -0.25) is 0 Å². The molecule has 1 aliphatic carbocycles. The number of ether oxygens (including phenoxy) is 2. The van der Waals surface area contributed by atoms with Crippen LogP contribution in [0.5, 0.6) is 11.5 Å². The van der Waals surface area contributed by atoms with Gasteiger partial charge in [0.25, 0.3) is 0 Å². The summed E-state index contributed by atoms with van der Waals surface area (Å²) in [7, 11) is 1.68. The topological polar surface area (TPSA) is 30.5 Å². The molecule has 0 saturated heterocycles. The van der Waals surface area contributed by atoms with Gasteiger partial charge in [0.2, 0.25) is 0 Å². The van der Waals surface area contributed by atoms with Crippen LogP contribution in [-0.2, 0) is 0 Å². The van der Waals surface area contributed by atoms with E-state index >= 15 is 0 Å². The van der Waals surface area contributed by atoms with Gasteiger partial charge in [-0.15, -0.1) is 0 Å². The molecule has 1 fully saturated rings. The van der Waals surface area contributed by atoms with Gasteiger partial charge in [-0.2, -0.15) is 0 Å². The SMILES string of the molecule is CCNC1C(Oc2ccc(OC)cc2)CCCC1(C)C. The Kier molecular flexibility index (Phi) is 4.92. The van der Waals surface area contributed by atoms with Crippen molar-refractivity contribution in [2.75, 3.05) is 13.7 Å². The summed E-state index contributed by atoms with van der Waals surface area (Å²) in [5.74, 6) is 1.79. The Labute approximate surface area is 122 Å². The highest BCUT2D eigenvalue weighted by atomic mass is 16.5. The van der Waals surface area contributed by atoms with Gasteiger partial charge in [-0.25, -0.2) is 0 Å². The number of hydrogen-bond acceptors (Lipinski definition) is 3. The number of methoxy groups -OCH3 is 1. The molecule has 20 heavy (non-hydrogen) atoms. The summed E-state index contributed by atoms with van der Waals surface area (Å²) >= 11 is 0. The molecule has 3 heteroatoms. The maximum atomic E-state index is 6.24. The molecule has 0 aromatic heterocycles. The number of rotatable bonds is 5. The second-order valence-corrected chi connectivity index (χ2v) is 6.25. The summed E-state index contributed by atoms with van der Waals surface area (Å²) in [6.07, 6.45) is 3.85. The fourth-order valence-electron chi connectivity index (χ4n) is 3.17. The normalized spacial score (nSPS) is 25.2. The molecule has 0 heterocycles. The van der Waals surface area contributed by atoms with Crippen LogP contribution in [0.1, 0.15) is 40.0 Å². The fraction of sp³-hybridized carbons (Fsp3) is 0.647. The highest BCUT2D eigenvalue weighted by Crippen LogP contribution is 2.37. The Bertz CT molecular complexity index is 414. The molecule has 0 amide bonds. The highest BCUT2D eigenvalue weighted by molar-refractivity contribution is 5.31. The molecule has 0 spiro atoms. The summed E-state index contributed by atoms with van der Waals surface area (Å²) in [6.45, 7) is 7.82. The van der Waals surface area contributed by atoms with Crippen molar-refractivity contribution in [2.45, 2.75) is 52.2 Å². The summed E-state index contributed by atoms with van der Waals surface area (Å²) in [5.41, 5.74) is 0.283. The van der Waals surface area contributed by atoms with E-state index in [0.29, 0.717) is 6.04 Å². The minimum atomic E-state index is 0.243. The molecule has 1 aromatic carbocycles. The van der Waals surface area contributed by atoms with E-state index in [2.05, 4.69) is 26.1 Å². The number of nitrogens with one attached hydrogen (secondary N) is 1. The lowest BCUT2D eigenvalue weighted by molar-refractivity contribution is 0.0372. The van der Waals surface area contributed by atoms with E-state index in [1.165, 1.54) is 12.8 Å². The Morgan fingerprint density at radius 2 is 1.85 bits per heavy atom. The van der Waals surface area contributed by atoms with Crippen molar-refractivity contribution in [2.24, 2.45) is 5.41 Å². The predicted molar refractivity (Wildman–Crippen MR) is 82.5 cm³/mol. The average molecular weight is 277 g/mol. The zero-order valence-corrected chi connectivity index (χ0v) is 13.1. The van der Waals surface area contributed by atoms with Gasteiger partial charge in [0, 0.05) is 6.04 Å². The largest absolute Gasteiger partial charge is 0.497 e. The van der Waals surface area contributed by atoms with Crippen molar-refractivity contribution in [3.05, 3.63) is 24.3 Å². The lowest BCUT2D eigenvalue weighted by Crippen LogP contribution is -2.54. The van der Waals surface area contributed by atoms with Crippen molar-refractivity contribution in [3.63, 3.8) is 0 Å². The fourth-order valence-corrected chi connectivity index (χ4v) is 3.17. The molecule has 0 aliphatic heterocycles. The molecule has 1 N–H and O–H groups in total. The second-order valence-electron chi connectivity index (χ2n) is 6.25. The van der Waals surface area contributed by atoms with Gasteiger partial charge in [-0.05, 0) is 55.5 Å². The first-order valence-electron chi connectivity index (χ1n) is 7.61. The average Bonchev–Trinajstić information content (AvgIpc) is 2.43. The molecule has 1 saturated carbocycles. The molecule has 0 radical (unpaired) electrons. The van der Waals surface area contributed by atoms with Crippen molar-refractivity contribution in [1.82, 2.24) is 5.32 Å². The minimum absolute atomic E-state index is 0.243. The minimum Gasteiger partial charge on any atom is -0.497 e. The van der Waals surface area contributed by atoms with Crippen LogP contribution in [0.25, 0.3) is 0 Å². The standard InChI is InChI=1S/C17H27NO2/c1-5-18-16-15(7-6-12-17(16,2)3)20-14-10-8-13(19-4)9-11-14/h8-11,15-16,18H,5-7,12H2,1-4H3. The zero-order chi connectivity index (χ0) is 14.6. The van der Waals surface area contributed by atoms with Crippen LogP contribution in [0.3, 0.4) is 0 Å². The summed E-state index contributed by atoms with van der Waals surface area (Å²) in [6, 6.07) is 8.28. The van der Waals surface area contributed by atoms with Crippen molar-refractivity contribution >= 4 is 0 Å². The van der Waals surface area contributed by atoms with Crippen LogP contribution in [0.2, 0.25) is 0 Å². The molecule has 1 aromatic rings. The maximum absolute atomic E-state index is 6.24. The van der Waals surface area contributed by atoms with Crippen LogP contribution < -0.4 is 14.8 Å². The van der Waals surface area contributed by atoms with E-state index in [4.69, 9.17) is 9.47 Å². The monoisotopic (exact) mass is 277 g/mol. The van der Waals surface area contributed by atoms with Crippen LogP contribution in [0.15, 0.2) is 24.3 Å². The van der Waals surface area contributed by atoms with Crippen molar-refractivity contribution in [3.8, 4) is 11.5 Å². The van der Waals surface area contributed by atoms with Crippen molar-refractivity contribution < 1.29 is 9.47 Å². The third-order valence-electron chi connectivity index (χ3n) is 4.29. The van der Waals surface area contributed by atoms with E-state index in [1.807, 2.05) is 24.3 Å². The number of likely N-dealkylation sites (N-methyl/N-ethyl adjacent to an activating group) is 1. The van der Waals surface area contributed by atoms with Gasteiger partial charge in [-0.1, -0.05) is 20.8 Å². The second kappa shape index (κ2) is 6.49. The van der Waals surface area contributed by atoms with Crippen LogP contribution >= 0.6 is 0 Å². The Morgan fingerprint density at radius 3 is 2.45 bits per heavy atom. The third kappa shape index (κ3) is 3.45. The van der Waals surface area contributed by atoms with Crippen LogP contribution in [-0.4, -0.2) is 25.8 Å². The number of hydrogen-bond donors (Lipinski definition) is 1. The first-order chi connectivity index (χ1) is 9.56. The molecule has 112 valence electrons.